The van der Waals surface area contributed by atoms with Crippen LogP contribution < -0.4 is 10.0 Å². The number of amides is 2. The summed E-state index contributed by atoms with van der Waals surface area (Å²) in [5, 5.41) is 5.14. The van der Waals surface area contributed by atoms with Gasteiger partial charge in [-0.15, -0.1) is 0 Å². The third-order valence-electron chi connectivity index (χ3n) is 6.26. The lowest BCUT2D eigenvalue weighted by atomic mass is 9.88. The summed E-state index contributed by atoms with van der Waals surface area (Å²) in [6.07, 6.45) is 3.90. The Hall–Kier alpha value is -3.05. The molecular formula is C29H32ClN4O3S3+. The summed E-state index contributed by atoms with van der Waals surface area (Å²) in [6, 6.07) is 27.4. The van der Waals surface area contributed by atoms with Gasteiger partial charge in [0.2, 0.25) is 20.7 Å². The normalized spacial score (nSPS) is 11.8. The minimum absolute atomic E-state index is 0.159. The van der Waals surface area contributed by atoms with Crippen LogP contribution in [0.15, 0.2) is 90.3 Å². The van der Waals surface area contributed by atoms with Crippen molar-refractivity contribution in [3.8, 4) is 11.3 Å². The van der Waals surface area contributed by atoms with E-state index in [9.17, 15) is 13.2 Å². The minimum Gasteiger partial charge on any atom is -0.324 e. The largest absolute Gasteiger partial charge is 0.368 e. The van der Waals surface area contributed by atoms with Crippen LogP contribution in [0.25, 0.3) is 11.3 Å². The Balaban J connectivity index is 1.48. The Morgan fingerprint density at radius 1 is 0.975 bits per heavy atom. The molecule has 0 bridgehead atoms. The fourth-order valence-electron chi connectivity index (χ4n) is 4.33. The molecule has 0 saturated heterocycles. The zero-order valence-electron chi connectivity index (χ0n) is 22.3. The van der Waals surface area contributed by atoms with Crippen molar-refractivity contribution in [2.75, 3.05) is 41.4 Å². The van der Waals surface area contributed by atoms with Crippen molar-refractivity contribution in [2.45, 2.75) is 12.3 Å². The number of carbonyl (C=O) groups is 1. The Morgan fingerprint density at radius 2 is 1.57 bits per heavy atom. The van der Waals surface area contributed by atoms with Gasteiger partial charge in [0.05, 0.1) is 6.26 Å². The fourth-order valence-corrected chi connectivity index (χ4v) is 6.64. The van der Waals surface area contributed by atoms with Crippen LogP contribution in [0.2, 0.25) is 0 Å². The molecule has 0 fully saturated rings. The van der Waals surface area contributed by atoms with Crippen LogP contribution in [0.5, 0.6) is 0 Å². The first-order valence-corrected chi connectivity index (χ1v) is 18.1. The molecule has 0 saturated carbocycles. The molecule has 2 N–H and O–H groups in total. The lowest BCUT2D eigenvalue weighted by molar-refractivity contribution is 0.213. The van der Waals surface area contributed by atoms with Crippen LogP contribution >= 0.6 is 32.1 Å². The molecule has 2 amide bonds. The first-order valence-electron chi connectivity index (χ1n) is 12.7. The van der Waals surface area contributed by atoms with Gasteiger partial charge < -0.3 is 4.90 Å². The third-order valence-corrected chi connectivity index (χ3v) is 9.16. The van der Waals surface area contributed by atoms with Crippen molar-refractivity contribution in [3.63, 3.8) is 0 Å². The van der Waals surface area contributed by atoms with Crippen molar-refractivity contribution in [3.05, 3.63) is 101 Å². The Labute approximate surface area is 247 Å². The number of carbonyl (C=O) groups excluding carboxylic acids is 1. The molecule has 1 aromatic heterocycles. The first kappa shape index (κ1) is 29.9. The topological polar surface area (TPSA) is 91.4 Å². The average molecular weight is 616 g/mol. The lowest BCUT2D eigenvalue weighted by Gasteiger charge is -2.25. The highest BCUT2D eigenvalue weighted by molar-refractivity contribution is 7.98. The van der Waals surface area contributed by atoms with E-state index in [0.717, 1.165) is 24.0 Å². The summed E-state index contributed by atoms with van der Waals surface area (Å²) >= 11 is 1.69. The summed E-state index contributed by atoms with van der Waals surface area (Å²) in [7, 11) is 2.32. The first-order chi connectivity index (χ1) is 19.2. The Kier molecular flexibility index (Phi) is 10.5. The van der Waals surface area contributed by atoms with Crippen LogP contribution in [-0.4, -0.2) is 55.7 Å². The zero-order valence-corrected chi connectivity index (χ0v) is 25.5. The van der Waals surface area contributed by atoms with Gasteiger partial charge in [-0.2, -0.15) is 16.7 Å². The van der Waals surface area contributed by atoms with E-state index in [1.54, 1.807) is 41.4 Å². The van der Waals surface area contributed by atoms with E-state index in [4.69, 9.17) is 10.7 Å². The van der Waals surface area contributed by atoms with Crippen LogP contribution in [0.3, 0.4) is 0 Å². The van der Waals surface area contributed by atoms with E-state index >= 15 is 0 Å². The number of rotatable bonds is 12. The number of sulfonamides is 1. The van der Waals surface area contributed by atoms with E-state index in [1.807, 2.05) is 47.6 Å². The Morgan fingerprint density at radius 3 is 2.12 bits per heavy atom. The minimum atomic E-state index is -3.36. The fraction of sp³-hybridized carbons (Fsp3) is 0.241. The van der Waals surface area contributed by atoms with E-state index in [2.05, 4.69) is 39.3 Å². The number of nitrogens with one attached hydrogen (secondary N) is 2. The molecule has 1 unspecified atom stereocenters. The van der Waals surface area contributed by atoms with Crippen LogP contribution in [0, 0.1) is 0 Å². The van der Waals surface area contributed by atoms with E-state index < -0.39 is 19.7 Å². The summed E-state index contributed by atoms with van der Waals surface area (Å²) in [4.78, 5) is 19.9. The lowest BCUT2D eigenvalue weighted by Crippen LogP contribution is -2.38. The van der Waals surface area contributed by atoms with Gasteiger partial charge in [-0.3, -0.25) is 4.72 Å². The van der Waals surface area contributed by atoms with Gasteiger partial charge in [0.25, 0.3) is 0 Å². The quantitative estimate of drug-likeness (QED) is 0.163. The molecule has 0 aliphatic heterocycles. The summed E-state index contributed by atoms with van der Waals surface area (Å²) in [5.41, 5.74) is 4.29. The molecule has 1 heterocycles. The van der Waals surface area contributed by atoms with Crippen LogP contribution in [-0.2, 0) is 10.0 Å². The molecule has 3 aromatic carbocycles. The smallest absolute Gasteiger partial charge is 0.324 e. The SMILES string of the molecule is CSCCN(CCC(c1ccccc1)c1ccccc1)C(=O)Nc1nc(-c2ccc(NS(C)(=O)=O)cc2)c[s+]1Cl. The molecule has 0 aliphatic rings. The number of aromatic nitrogens is 1. The monoisotopic (exact) mass is 615 g/mol. The summed E-state index contributed by atoms with van der Waals surface area (Å²) in [6.45, 7) is 1.17. The second-order valence-electron chi connectivity index (χ2n) is 9.23. The maximum absolute atomic E-state index is 13.4. The number of urea groups is 1. The molecule has 11 heteroatoms. The van der Waals surface area contributed by atoms with Crippen molar-refractivity contribution in [1.82, 2.24) is 9.88 Å². The van der Waals surface area contributed by atoms with Gasteiger partial charge in [-0.05, 0) is 35.9 Å². The molecule has 7 nitrogen and oxygen atoms in total. The molecular weight excluding hydrogens is 584 g/mol. The highest BCUT2D eigenvalue weighted by atomic mass is 35.7. The number of halogens is 1. The van der Waals surface area contributed by atoms with Gasteiger partial charge in [0.15, 0.2) is 5.38 Å². The number of anilines is 2. The molecule has 1 atom stereocenters. The van der Waals surface area contributed by atoms with Crippen molar-refractivity contribution in [2.24, 2.45) is 0 Å². The van der Waals surface area contributed by atoms with Gasteiger partial charge in [-0.1, -0.05) is 72.8 Å². The van der Waals surface area contributed by atoms with E-state index in [0.29, 0.717) is 29.6 Å². The van der Waals surface area contributed by atoms with E-state index in [1.165, 1.54) is 11.1 Å². The Bertz CT molecular complexity index is 1460. The summed E-state index contributed by atoms with van der Waals surface area (Å²) < 4.78 is 25.4. The molecule has 0 radical (unpaired) electrons. The van der Waals surface area contributed by atoms with Crippen molar-refractivity contribution >= 4 is 59.0 Å². The standard InChI is InChI=1S/C29H31ClN4O3S3/c1-38-20-19-34(18-17-26(22-9-5-3-6-10-22)23-11-7-4-8-12-23)29(35)32-28-31-27(21-39(28)30)24-13-15-25(16-14-24)33-40(2,36)37/h3-16,21,26,33H,17-20H2,1-2H3/p+1. The zero-order chi connectivity index (χ0) is 28.5. The third kappa shape index (κ3) is 8.47. The predicted molar refractivity (Wildman–Crippen MR) is 170 cm³/mol. The molecule has 4 aromatic rings. The van der Waals surface area contributed by atoms with Crippen LogP contribution in [0.4, 0.5) is 15.6 Å². The molecule has 0 spiro atoms. The van der Waals surface area contributed by atoms with Gasteiger partial charge >= 0.3 is 11.2 Å². The van der Waals surface area contributed by atoms with Crippen LogP contribution in [0.1, 0.15) is 23.5 Å². The van der Waals surface area contributed by atoms with Gasteiger partial charge in [-0.25, -0.2) is 18.5 Å². The van der Waals surface area contributed by atoms with Crippen molar-refractivity contribution < 1.29 is 13.2 Å². The number of hydrogen-bond donors (Lipinski definition) is 2. The number of thioether (sulfide) groups is 1. The maximum Gasteiger partial charge on any atom is 0.368 e. The summed E-state index contributed by atoms with van der Waals surface area (Å²) in [5.74, 6) is 0.970. The average Bonchev–Trinajstić information content (AvgIpc) is 3.30. The highest BCUT2D eigenvalue weighted by Crippen LogP contribution is 2.38. The highest BCUT2D eigenvalue weighted by Gasteiger charge is 2.25. The van der Waals surface area contributed by atoms with Crippen molar-refractivity contribution in [1.29, 1.82) is 0 Å². The maximum atomic E-state index is 13.4. The number of thiazole rings is 1. The second-order valence-corrected chi connectivity index (χ2v) is 14.2. The number of nitrogens with zero attached hydrogens (tertiary/aromatic N) is 2. The second kappa shape index (κ2) is 14.0. The molecule has 40 heavy (non-hydrogen) atoms. The predicted octanol–water partition coefficient (Wildman–Crippen LogP) is 7.29. The number of benzene rings is 3. The molecule has 210 valence electrons. The van der Waals surface area contributed by atoms with Gasteiger partial charge in [0.1, 0.15) is 15.4 Å². The number of hydrogen-bond acceptors (Lipinski definition) is 5. The van der Waals surface area contributed by atoms with Gasteiger partial charge in [0, 0.05) is 36.0 Å². The molecule has 0 aliphatic carbocycles. The molecule has 4 rings (SSSR count). The van der Waals surface area contributed by atoms with E-state index in [-0.39, 0.29) is 11.9 Å².